The molecular weight excluding hydrogens is 218 g/mol. The van der Waals surface area contributed by atoms with Gasteiger partial charge in [-0.1, -0.05) is 19.9 Å². The van der Waals surface area contributed by atoms with Gasteiger partial charge in [-0.15, -0.1) is 0 Å². The van der Waals surface area contributed by atoms with Crippen molar-refractivity contribution in [3.8, 4) is 11.5 Å². The Hall–Kier alpha value is -1.26. The molecule has 2 atom stereocenters. The topological polar surface area (TPSA) is 64.7 Å². The van der Waals surface area contributed by atoms with E-state index in [9.17, 15) is 5.11 Å². The van der Waals surface area contributed by atoms with Crippen LogP contribution in [0, 0.1) is 5.92 Å². The molecule has 0 spiro atoms. The van der Waals surface area contributed by atoms with E-state index in [1.807, 2.05) is 19.9 Å². The molecule has 3 N–H and O–H groups in total. The average Bonchev–Trinajstić information content (AvgIpc) is 2.35. The van der Waals surface area contributed by atoms with Gasteiger partial charge in [-0.2, -0.15) is 0 Å². The second kappa shape index (κ2) is 5.89. The standard InChI is InChI=1S/C13H21NO3/c1-8(2)13(15)12(14)9-5-6-10(16-3)11(7-9)17-4/h5-8,12-13,15H,14H2,1-4H3/t12-,13+/m1/s1. The SMILES string of the molecule is COc1ccc([C@@H](N)[C@@H](O)C(C)C)cc1OC. The Morgan fingerprint density at radius 1 is 1.12 bits per heavy atom. The minimum Gasteiger partial charge on any atom is -0.493 e. The van der Waals surface area contributed by atoms with Gasteiger partial charge in [0.25, 0.3) is 0 Å². The van der Waals surface area contributed by atoms with Crippen molar-refractivity contribution in [3.63, 3.8) is 0 Å². The van der Waals surface area contributed by atoms with Crippen LogP contribution in [0.4, 0.5) is 0 Å². The zero-order valence-electron chi connectivity index (χ0n) is 10.8. The van der Waals surface area contributed by atoms with Crippen LogP contribution < -0.4 is 15.2 Å². The highest BCUT2D eigenvalue weighted by atomic mass is 16.5. The fraction of sp³-hybridized carbons (Fsp3) is 0.538. The molecule has 1 aromatic carbocycles. The summed E-state index contributed by atoms with van der Waals surface area (Å²) in [7, 11) is 3.16. The minimum atomic E-state index is -0.576. The monoisotopic (exact) mass is 239 g/mol. The molecule has 1 aromatic rings. The van der Waals surface area contributed by atoms with Gasteiger partial charge in [-0.3, -0.25) is 0 Å². The third-order valence-corrected chi connectivity index (χ3v) is 2.84. The largest absolute Gasteiger partial charge is 0.493 e. The third kappa shape index (κ3) is 3.11. The minimum absolute atomic E-state index is 0.109. The number of ether oxygens (including phenoxy) is 2. The first-order valence-electron chi connectivity index (χ1n) is 5.66. The second-order valence-corrected chi connectivity index (χ2v) is 4.37. The highest BCUT2D eigenvalue weighted by Crippen LogP contribution is 2.31. The Balaban J connectivity index is 2.99. The summed E-state index contributed by atoms with van der Waals surface area (Å²) in [6.45, 7) is 3.87. The van der Waals surface area contributed by atoms with Crippen LogP contribution in [0.3, 0.4) is 0 Å². The molecule has 17 heavy (non-hydrogen) atoms. The van der Waals surface area contributed by atoms with E-state index in [1.165, 1.54) is 0 Å². The Morgan fingerprint density at radius 2 is 1.71 bits per heavy atom. The van der Waals surface area contributed by atoms with Crippen molar-refractivity contribution in [3.05, 3.63) is 23.8 Å². The predicted octanol–water partition coefficient (Wildman–Crippen LogP) is 1.72. The van der Waals surface area contributed by atoms with E-state index in [1.54, 1.807) is 26.4 Å². The summed E-state index contributed by atoms with van der Waals surface area (Å²) in [6.07, 6.45) is -0.576. The second-order valence-electron chi connectivity index (χ2n) is 4.37. The van der Waals surface area contributed by atoms with Gasteiger partial charge in [-0.05, 0) is 23.6 Å². The lowest BCUT2D eigenvalue weighted by Crippen LogP contribution is -2.30. The van der Waals surface area contributed by atoms with Crippen molar-refractivity contribution < 1.29 is 14.6 Å². The number of aliphatic hydroxyl groups excluding tert-OH is 1. The van der Waals surface area contributed by atoms with Crippen molar-refractivity contribution >= 4 is 0 Å². The predicted molar refractivity (Wildman–Crippen MR) is 67.3 cm³/mol. The van der Waals surface area contributed by atoms with Crippen LogP contribution in [0.25, 0.3) is 0 Å². The molecule has 0 saturated carbocycles. The van der Waals surface area contributed by atoms with Crippen LogP contribution >= 0.6 is 0 Å². The van der Waals surface area contributed by atoms with Crippen LogP contribution in [0.5, 0.6) is 11.5 Å². The van der Waals surface area contributed by atoms with E-state index in [0.29, 0.717) is 11.5 Å². The summed E-state index contributed by atoms with van der Waals surface area (Å²) < 4.78 is 10.4. The first-order valence-corrected chi connectivity index (χ1v) is 5.66. The lowest BCUT2D eigenvalue weighted by atomic mass is 9.94. The number of nitrogens with two attached hydrogens (primary N) is 1. The maximum absolute atomic E-state index is 9.94. The molecule has 0 heterocycles. The summed E-state index contributed by atoms with van der Waals surface area (Å²) in [5.41, 5.74) is 6.85. The van der Waals surface area contributed by atoms with E-state index in [2.05, 4.69) is 0 Å². The maximum atomic E-state index is 9.94. The van der Waals surface area contributed by atoms with E-state index >= 15 is 0 Å². The summed E-state index contributed by atoms with van der Waals surface area (Å²) >= 11 is 0. The molecule has 0 bridgehead atoms. The molecule has 4 nitrogen and oxygen atoms in total. The zero-order valence-corrected chi connectivity index (χ0v) is 10.8. The molecule has 1 rings (SSSR count). The molecule has 0 aliphatic carbocycles. The van der Waals surface area contributed by atoms with Gasteiger partial charge in [0.05, 0.1) is 26.4 Å². The zero-order chi connectivity index (χ0) is 13.0. The highest BCUT2D eigenvalue weighted by molar-refractivity contribution is 5.43. The molecule has 0 aliphatic rings. The Labute approximate surface area is 102 Å². The summed E-state index contributed by atoms with van der Waals surface area (Å²) in [4.78, 5) is 0. The van der Waals surface area contributed by atoms with Crippen molar-refractivity contribution in [2.45, 2.75) is 26.0 Å². The normalized spacial score (nSPS) is 14.5. The average molecular weight is 239 g/mol. The van der Waals surface area contributed by atoms with E-state index < -0.39 is 12.1 Å². The van der Waals surface area contributed by atoms with E-state index in [0.717, 1.165) is 5.56 Å². The van der Waals surface area contributed by atoms with Gasteiger partial charge in [0.15, 0.2) is 11.5 Å². The molecule has 0 radical (unpaired) electrons. The van der Waals surface area contributed by atoms with E-state index in [-0.39, 0.29) is 5.92 Å². The fourth-order valence-corrected chi connectivity index (χ4v) is 1.67. The summed E-state index contributed by atoms with van der Waals surface area (Å²) in [6, 6.07) is 5.02. The van der Waals surface area contributed by atoms with Gasteiger partial charge in [0, 0.05) is 0 Å². The molecule has 0 saturated heterocycles. The van der Waals surface area contributed by atoms with Crippen LogP contribution in [-0.2, 0) is 0 Å². The van der Waals surface area contributed by atoms with Crippen LogP contribution in [-0.4, -0.2) is 25.4 Å². The Bertz CT molecular complexity index is 366. The highest BCUT2D eigenvalue weighted by Gasteiger charge is 2.21. The molecule has 0 amide bonds. The Morgan fingerprint density at radius 3 is 2.18 bits per heavy atom. The number of hydrogen-bond donors (Lipinski definition) is 2. The summed E-state index contributed by atoms with van der Waals surface area (Å²) in [5.74, 6) is 1.39. The third-order valence-electron chi connectivity index (χ3n) is 2.84. The lowest BCUT2D eigenvalue weighted by molar-refractivity contribution is 0.0978. The molecule has 0 aliphatic heterocycles. The van der Waals surface area contributed by atoms with Crippen molar-refractivity contribution in [1.29, 1.82) is 0 Å². The van der Waals surface area contributed by atoms with Gasteiger partial charge >= 0.3 is 0 Å². The van der Waals surface area contributed by atoms with Gasteiger partial charge in [-0.25, -0.2) is 0 Å². The van der Waals surface area contributed by atoms with E-state index in [4.69, 9.17) is 15.2 Å². The maximum Gasteiger partial charge on any atom is 0.161 e. The first-order chi connectivity index (χ1) is 8.01. The van der Waals surface area contributed by atoms with Crippen LogP contribution in [0.1, 0.15) is 25.5 Å². The lowest BCUT2D eigenvalue weighted by Gasteiger charge is -2.23. The molecule has 0 unspecified atom stereocenters. The molecule has 0 fully saturated rings. The molecule has 4 heteroatoms. The van der Waals surface area contributed by atoms with Crippen LogP contribution in [0.2, 0.25) is 0 Å². The molecular formula is C13H21NO3. The van der Waals surface area contributed by atoms with Crippen LogP contribution in [0.15, 0.2) is 18.2 Å². The molecule has 96 valence electrons. The van der Waals surface area contributed by atoms with Gasteiger partial charge in [0.1, 0.15) is 0 Å². The quantitative estimate of drug-likeness (QED) is 0.821. The summed E-state index contributed by atoms with van der Waals surface area (Å²) in [5, 5.41) is 9.94. The Kier molecular flexibility index (Phi) is 4.78. The van der Waals surface area contributed by atoms with Gasteiger partial charge in [0.2, 0.25) is 0 Å². The fourth-order valence-electron chi connectivity index (χ4n) is 1.67. The smallest absolute Gasteiger partial charge is 0.161 e. The molecule has 0 aromatic heterocycles. The number of aliphatic hydroxyl groups is 1. The van der Waals surface area contributed by atoms with Crippen molar-refractivity contribution in [1.82, 2.24) is 0 Å². The van der Waals surface area contributed by atoms with Crippen molar-refractivity contribution in [2.24, 2.45) is 11.7 Å². The number of rotatable bonds is 5. The van der Waals surface area contributed by atoms with Gasteiger partial charge < -0.3 is 20.3 Å². The van der Waals surface area contributed by atoms with Crippen molar-refractivity contribution in [2.75, 3.05) is 14.2 Å². The first kappa shape index (κ1) is 13.8. The number of hydrogen-bond acceptors (Lipinski definition) is 4. The number of benzene rings is 1. The number of methoxy groups -OCH3 is 2.